The van der Waals surface area contributed by atoms with Gasteiger partial charge in [0, 0.05) is 16.7 Å². The van der Waals surface area contributed by atoms with Crippen LogP contribution in [0.5, 0.6) is 0 Å². The minimum atomic E-state index is -0.0828. The van der Waals surface area contributed by atoms with Gasteiger partial charge in [0.25, 0.3) is 0 Å². The molecule has 0 amide bonds. The predicted octanol–water partition coefficient (Wildman–Crippen LogP) is 13.3. The number of hydrogen-bond donors (Lipinski definition) is 0. The number of fused-ring (bicyclic) bond motifs is 6. The van der Waals surface area contributed by atoms with Crippen molar-refractivity contribution < 1.29 is 9.90 Å². The first-order valence-electron chi connectivity index (χ1n) is 18.8. The van der Waals surface area contributed by atoms with E-state index in [0.29, 0.717) is 28.2 Å². The van der Waals surface area contributed by atoms with Crippen LogP contribution in [0, 0.1) is 5.92 Å². The Labute approximate surface area is 291 Å². The summed E-state index contributed by atoms with van der Waals surface area (Å²) in [6.07, 6.45) is 14.1. The summed E-state index contributed by atoms with van der Waals surface area (Å²) in [6.45, 7) is 0. The maximum atomic E-state index is 9.45. The fraction of sp³-hybridized carbons (Fsp3) is 0.0417. The Morgan fingerprint density at radius 3 is 1.96 bits per heavy atom. The van der Waals surface area contributed by atoms with E-state index < -0.39 is 0 Å². The molecule has 2 aliphatic carbocycles. The SMILES string of the molecule is [2H]c1c([2H])c(-c2c3ccccc3c(-c3ccccc3)c3ccccc23)c([2H])c([2H])c1-c1ccc2c(c1)oc1cccc(C3=CCC4C=CC=CC4=C3)c12. The van der Waals surface area contributed by atoms with E-state index in [2.05, 4.69) is 66.8 Å². The predicted molar refractivity (Wildman–Crippen MR) is 207 cm³/mol. The van der Waals surface area contributed by atoms with Gasteiger partial charge in [-0.2, -0.15) is 0 Å². The van der Waals surface area contributed by atoms with Crippen LogP contribution in [0.25, 0.3) is 82.4 Å². The molecule has 10 rings (SSSR count). The van der Waals surface area contributed by atoms with Crippen LogP contribution in [0.2, 0.25) is 0 Å². The van der Waals surface area contributed by atoms with Gasteiger partial charge in [0.2, 0.25) is 0 Å². The Hall–Kier alpha value is -6.18. The number of furan rings is 1. The van der Waals surface area contributed by atoms with Crippen LogP contribution in [0.15, 0.2) is 186 Å². The standard InChI is InChI=1S/C48H32O/c1-2-12-33(13-3-1)46-39-15-6-8-17-41(39)47(42-18-9-7-16-40(42)46)34-24-21-32(22-25-34)36-27-28-43-45(30-36)49-44-20-10-19-38(48(43)44)37-26-23-31-11-4-5-14-35(31)29-37/h1-22,24-31H,23H2/i21D,22D,24D,25D. The molecule has 0 saturated carbocycles. The molecule has 0 fully saturated rings. The van der Waals surface area contributed by atoms with Crippen molar-refractivity contribution in [1.29, 1.82) is 0 Å². The third-order valence-corrected chi connectivity index (χ3v) is 10.1. The van der Waals surface area contributed by atoms with Crippen LogP contribution in [0.4, 0.5) is 0 Å². The molecule has 230 valence electrons. The van der Waals surface area contributed by atoms with Gasteiger partial charge in [-0.05, 0) is 96.3 Å². The molecule has 0 aliphatic heterocycles. The molecule has 7 aromatic carbocycles. The first-order valence-corrected chi connectivity index (χ1v) is 16.8. The highest BCUT2D eigenvalue weighted by Crippen LogP contribution is 2.44. The van der Waals surface area contributed by atoms with Gasteiger partial charge in [-0.25, -0.2) is 0 Å². The highest BCUT2D eigenvalue weighted by atomic mass is 16.3. The van der Waals surface area contributed by atoms with Gasteiger partial charge >= 0.3 is 0 Å². The van der Waals surface area contributed by atoms with Gasteiger partial charge in [-0.1, -0.05) is 158 Å². The summed E-state index contributed by atoms with van der Waals surface area (Å²) in [5, 5.41) is 5.73. The largest absolute Gasteiger partial charge is 0.456 e. The lowest BCUT2D eigenvalue weighted by atomic mass is 9.83. The highest BCUT2D eigenvalue weighted by Gasteiger charge is 2.20. The molecular weight excluding hydrogens is 593 g/mol. The van der Waals surface area contributed by atoms with Crippen LogP contribution in [-0.4, -0.2) is 0 Å². The second kappa shape index (κ2) is 11.2. The van der Waals surface area contributed by atoms with Crippen molar-refractivity contribution in [2.45, 2.75) is 6.42 Å². The van der Waals surface area contributed by atoms with E-state index in [9.17, 15) is 5.48 Å². The summed E-state index contributed by atoms with van der Waals surface area (Å²) in [5.74, 6) is 0.408. The lowest BCUT2D eigenvalue weighted by Crippen LogP contribution is -2.05. The molecule has 1 aromatic heterocycles. The monoisotopic (exact) mass is 628 g/mol. The summed E-state index contributed by atoms with van der Waals surface area (Å²) in [6, 6.07) is 38.0. The summed E-state index contributed by atoms with van der Waals surface area (Å²) < 4.78 is 44.1. The summed E-state index contributed by atoms with van der Waals surface area (Å²) in [7, 11) is 0. The molecule has 1 heterocycles. The minimum Gasteiger partial charge on any atom is -0.456 e. The summed E-state index contributed by atoms with van der Waals surface area (Å²) >= 11 is 0. The molecule has 0 bridgehead atoms. The summed E-state index contributed by atoms with van der Waals surface area (Å²) in [5.41, 5.74) is 8.98. The van der Waals surface area contributed by atoms with E-state index in [1.807, 2.05) is 84.9 Å². The van der Waals surface area contributed by atoms with Crippen molar-refractivity contribution in [2.24, 2.45) is 5.92 Å². The molecule has 8 aromatic rings. The third-order valence-electron chi connectivity index (χ3n) is 10.1. The fourth-order valence-electron chi connectivity index (χ4n) is 7.77. The lowest BCUT2D eigenvalue weighted by Gasteiger charge is -2.21. The van der Waals surface area contributed by atoms with Crippen molar-refractivity contribution in [3.05, 3.63) is 187 Å². The van der Waals surface area contributed by atoms with Crippen LogP contribution in [0.3, 0.4) is 0 Å². The van der Waals surface area contributed by atoms with E-state index in [1.54, 1.807) is 0 Å². The van der Waals surface area contributed by atoms with Gasteiger partial charge in [0.05, 0.1) is 5.48 Å². The fourth-order valence-corrected chi connectivity index (χ4v) is 7.77. The first-order chi connectivity index (χ1) is 26.0. The zero-order valence-corrected chi connectivity index (χ0v) is 26.6. The molecule has 0 N–H and O–H groups in total. The average Bonchev–Trinajstić information content (AvgIpc) is 3.58. The van der Waals surface area contributed by atoms with Crippen LogP contribution < -0.4 is 0 Å². The molecule has 0 radical (unpaired) electrons. The normalized spacial score (nSPS) is 16.7. The van der Waals surface area contributed by atoms with E-state index in [0.717, 1.165) is 61.0 Å². The second-order valence-electron chi connectivity index (χ2n) is 12.8. The van der Waals surface area contributed by atoms with Crippen LogP contribution in [-0.2, 0) is 0 Å². The van der Waals surface area contributed by atoms with Crippen LogP contribution >= 0.6 is 0 Å². The van der Waals surface area contributed by atoms with Gasteiger partial charge in [0.15, 0.2) is 0 Å². The molecule has 1 heteroatoms. The van der Waals surface area contributed by atoms with Crippen molar-refractivity contribution >= 4 is 49.1 Å². The van der Waals surface area contributed by atoms with E-state index in [4.69, 9.17) is 4.42 Å². The average molecular weight is 629 g/mol. The van der Waals surface area contributed by atoms with Crippen molar-refractivity contribution in [2.75, 3.05) is 0 Å². The first kappa shape index (κ1) is 24.0. The molecular formula is C48H32O. The topological polar surface area (TPSA) is 13.1 Å². The lowest BCUT2D eigenvalue weighted by molar-refractivity contribution is 0.669. The Morgan fingerprint density at radius 1 is 0.551 bits per heavy atom. The number of benzene rings is 7. The van der Waals surface area contributed by atoms with Crippen molar-refractivity contribution in [3.63, 3.8) is 0 Å². The van der Waals surface area contributed by atoms with Gasteiger partial charge < -0.3 is 4.42 Å². The van der Waals surface area contributed by atoms with E-state index >= 15 is 0 Å². The molecule has 1 nitrogen and oxygen atoms in total. The highest BCUT2D eigenvalue weighted by molar-refractivity contribution is 6.21. The number of hydrogen-bond acceptors (Lipinski definition) is 1. The number of allylic oxidation sites excluding steroid dienone is 8. The molecule has 1 atom stereocenters. The van der Waals surface area contributed by atoms with Gasteiger partial charge in [-0.3, -0.25) is 0 Å². The molecule has 0 spiro atoms. The Balaban J connectivity index is 1.15. The molecule has 2 aliphatic rings. The van der Waals surface area contributed by atoms with Gasteiger partial charge in [0.1, 0.15) is 11.2 Å². The second-order valence-corrected chi connectivity index (χ2v) is 12.8. The summed E-state index contributed by atoms with van der Waals surface area (Å²) in [4.78, 5) is 0. The van der Waals surface area contributed by atoms with Crippen molar-refractivity contribution in [1.82, 2.24) is 0 Å². The van der Waals surface area contributed by atoms with Crippen molar-refractivity contribution in [3.8, 4) is 33.4 Å². The minimum absolute atomic E-state index is 0.0714. The van der Waals surface area contributed by atoms with E-state index in [-0.39, 0.29) is 29.7 Å². The Bertz CT molecular complexity index is 2880. The number of rotatable bonds is 4. The van der Waals surface area contributed by atoms with Gasteiger partial charge in [-0.15, -0.1) is 0 Å². The molecule has 1 unspecified atom stereocenters. The van der Waals surface area contributed by atoms with Crippen LogP contribution in [0.1, 0.15) is 17.5 Å². The Morgan fingerprint density at radius 2 is 1.22 bits per heavy atom. The zero-order chi connectivity index (χ0) is 35.8. The Kier molecular flexibility index (Phi) is 5.50. The molecule has 0 saturated heterocycles. The zero-order valence-electron chi connectivity index (χ0n) is 30.6. The maximum absolute atomic E-state index is 9.45. The smallest absolute Gasteiger partial charge is 0.136 e. The maximum Gasteiger partial charge on any atom is 0.136 e. The quantitative estimate of drug-likeness (QED) is 0.177. The third kappa shape index (κ3) is 4.54. The molecule has 49 heavy (non-hydrogen) atoms. The van der Waals surface area contributed by atoms with E-state index in [1.165, 1.54) is 11.1 Å².